The van der Waals surface area contributed by atoms with Crippen molar-refractivity contribution in [3.63, 3.8) is 0 Å². The molecule has 2 aliphatic rings. The Morgan fingerprint density at radius 3 is 2.38 bits per heavy atom. The predicted octanol–water partition coefficient (Wildman–Crippen LogP) is 3.81. The standard InChI is InChI=1S/C22H24BrN3O3/c1-15-2-3-16(20(27)24-18-6-4-17(23)5-7-18)14-19(15)25-21(28)22(8-9-22)26-10-12-29-13-11-26/h2-7,14H,8-13H2,1H3,(H,24,27)(H,25,28). The number of hydrogen-bond acceptors (Lipinski definition) is 4. The lowest BCUT2D eigenvalue weighted by Crippen LogP contribution is -2.51. The van der Waals surface area contributed by atoms with Gasteiger partial charge in [0.05, 0.1) is 13.2 Å². The Kier molecular flexibility index (Phi) is 5.72. The maximum atomic E-state index is 13.1. The molecule has 1 aliphatic heterocycles. The first-order valence-corrected chi connectivity index (χ1v) is 10.6. The van der Waals surface area contributed by atoms with Crippen molar-refractivity contribution in [2.45, 2.75) is 25.3 Å². The SMILES string of the molecule is Cc1ccc(C(=O)Nc2ccc(Br)cc2)cc1NC(=O)C1(N2CCOCC2)CC1. The number of morpholine rings is 1. The van der Waals surface area contributed by atoms with Gasteiger partial charge in [-0.25, -0.2) is 0 Å². The van der Waals surface area contributed by atoms with Gasteiger partial charge >= 0.3 is 0 Å². The Balaban J connectivity index is 1.47. The van der Waals surface area contributed by atoms with Crippen LogP contribution >= 0.6 is 15.9 Å². The number of ether oxygens (including phenoxy) is 1. The molecule has 2 aromatic carbocycles. The quantitative estimate of drug-likeness (QED) is 0.715. The van der Waals surface area contributed by atoms with E-state index in [2.05, 4.69) is 31.5 Å². The van der Waals surface area contributed by atoms with Gasteiger partial charge in [0.1, 0.15) is 5.54 Å². The summed E-state index contributed by atoms with van der Waals surface area (Å²) in [6.07, 6.45) is 1.73. The van der Waals surface area contributed by atoms with Crippen LogP contribution < -0.4 is 10.6 Å². The van der Waals surface area contributed by atoms with Crippen LogP contribution in [0.3, 0.4) is 0 Å². The molecule has 0 unspecified atom stereocenters. The second kappa shape index (κ2) is 8.26. The Morgan fingerprint density at radius 1 is 1.03 bits per heavy atom. The van der Waals surface area contributed by atoms with Crippen molar-refractivity contribution >= 4 is 39.1 Å². The molecule has 1 aliphatic carbocycles. The molecule has 29 heavy (non-hydrogen) atoms. The molecule has 2 fully saturated rings. The summed E-state index contributed by atoms with van der Waals surface area (Å²) in [6.45, 7) is 4.82. The first-order valence-electron chi connectivity index (χ1n) is 9.80. The van der Waals surface area contributed by atoms with Crippen molar-refractivity contribution in [3.8, 4) is 0 Å². The number of halogens is 1. The third-order valence-electron chi connectivity index (χ3n) is 5.61. The van der Waals surface area contributed by atoms with E-state index in [1.54, 1.807) is 12.1 Å². The van der Waals surface area contributed by atoms with Gasteiger partial charge in [-0.2, -0.15) is 0 Å². The first kappa shape index (κ1) is 20.1. The van der Waals surface area contributed by atoms with Gasteiger partial charge in [-0.15, -0.1) is 0 Å². The zero-order chi connectivity index (χ0) is 20.4. The molecule has 1 saturated heterocycles. The van der Waals surface area contributed by atoms with Crippen LogP contribution in [0, 0.1) is 6.92 Å². The number of nitrogens with one attached hydrogen (secondary N) is 2. The van der Waals surface area contributed by atoms with Crippen molar-refractivity contribution in [2.75, 3.05) is 36.9 Å². The number of hydrogen-bond donors (Lipinski definition) is 2. The number of rotatable bonds is 5. The van der Waals surface area contributed by atoms with Crippen LogP contribution in [0.2, 0.25) is 0 Å². The molecule has 0 bridgehead atoms. The Bertz CT molecular complexity index is 919. The normalized spacial score (nSPS) is 18.1. The smallest absolute Gasteiger partial charge is 0.255 e. The molecule has 2 amide bonds. The van der Waals surface area contributed by atoms with Crippen molar-refractivity contribution in [1.82, 2.24) is 4.90 Å². The number of aryl methyl sites for hydroxylation is 1. The Labute approximate surface area is 178 Å². The van der Waals surface area contributed by atoms with E-state index in [4.69, 9.17) is 4.74 Å². The highest BCUT2D eigenvalue weighted by atomic mass is 79.9. The number of carbonyl (C=O) groups excluding carboxylic acids is 2. The van der Waals surface area contributed by atoms with E-state index < -0.39 is 5.54 Å². The monoisotopic (exact) mass is 457 g/mol. The Hall–Kier alpha value is -2.22. The van der Waals surface area contributed by atoms with Gasteiger partial charge in [-0.3, -0.25) is 14.5 Å². The summed E-state index contributed by atoms with van der Waals surface area (Å²) in [5.74, 6) is -0.204. The lowest BCUT2D eigenvalue weighted by atomic mass is 10.1. The summed E-state index contributed by atoms with van der Waals surface area (Å²) in [4.78, 5) is 27.9. The van der Waals surface area contributed by atoms with Gasteiger partial charge in [0.25, 0.3) is 5.91 Å². The number of carbonyl (C=O) groups is 2. The maximum absolute atomic E-state index is 13.1. The fourth-order valence-electron chi connectivity index (χ4n) is 3.67. The molecule has 6 nitrogen and oxygen atoms in total. The van der Waals surface area contributed by atoms with E-state index in [-0.39, 0.29) is 11.8 Å². The van der Waals surface area contributed by atoms with Crippen molar-refractivity contribution in [1.29, 1.82) is 0 Å². The van der Waals surface area contributed by atoms with Crippen molar-refractivity contribution in [2.24, 2.45) is 0 Å². The van der Waals surface area contributed by atoms with Crippen LogP contribution in [0.4, 0.5) is 11.4 Å². The number of amides is 2. The molecule has 1 heterocycles. The van der Waals surface area contributed by atoms with Crippen LogP contribution in [0.25, 0.3) is 0 Å². The molecule has 0 spiro atoms. The molecular formula is C22H24BrN3O3. The van der Waals surface area contributed by atoms with Gasteiger partial charge < -0.3 is 15.4 Å². The van der Waals surface area contributed by atoms with E-state index >= 15 is 0 Å². The summed E-state index contributed by atoms with van der Waals surface area (Å²) in [7, 11) is 0. The fourth-order valence-corrected chi connectivity index (χ4v) is 3.93. The highest BCUT2D eigenvalue weighted by Gasteiger charge is 2.54. The third-order valence-corrected chi connectivity index (χ3v) is 6.14. The van der Waals surface area contributed by atoms with E-state index in [1.165, 1.54) is 0 Å². The average molecular weight is 458 g/mol. The lowest BCUT2D eigenvalue weighted by Gasteiger charge is -2.34. The van der Waals surface area contributed by atoms with E-state index in [0.717, 1.165) is 36.0 Å². The number of anilines is 2. The minimum atomic E-state index is -0.425. The molecule has 2 aromatic rings. The molecule has 1 saturated carbocycles. The molecule has 0 radical (unpaired) electrons. The van der Waals surface area contributed by atoms with E-state index in [1.807, 2.05) is 37.3 Å². The maximum Gasteiger partial charge on any atom is 0.255 e. The fraction of sp³-hybridized carbons (Fsp3) is 0.364. The first-order chi connectivity index (χ1) is 14.0. The van der Waals surface area contributed by atoms with Crippen LogP contribution in [-0.2, 0) is 9.53 Å². The highest BCUT2D eigenvalue weighted by Crippen LogP contribution is 2.43. The van der Waals surface area contributed by atoms with Gasteiger partial charge in [0.15, 0.2) is 0 Å². The van der Waals surface area contributed by atoms with Crippen LogP contribution in [0.5, 0.6) is 0 Å². The second-order valence-electron chi connectivity index (χ2n) is 7.58. The second-order valence-corrected chi connectivity index (χ2v) is 8.49. The molecule has 152 valence electrons. The lowest BCUT2D eigenvalue weighted by molar-refractivity contribution is -0.124. The average Bonchev–Trinajstić information content (AvgIpc) is 3.54. The number of benzene rings is 2. The van der Waals surface area contributed by atoms with Crippen LogP contribution in [0.1, 0.15) is 28.8 Å². The summed E-state index contributed by atoms with van der Waals surface area (Å²) >= 11 is 3.38. The summed E-state index contributed by atoms with van der Waals surface area (Å²) in [5, 5.41) is 5.95. The molecule has 4 rings (SSSR count). The zero-order valence-corrected chi connectivity index (χ0v) is 17.9. The molecule has 0 aromatic heterocycles. The molecule has 0 atom stereocenters. The zero-order valence-electron chi connectivity index (χ0n) is 16.3. The minimum Gasteiger partial charge on any atom is -0.379 e. The summed E-state index contributed by atoms with van der Waals surface area (Å²) < 4.78 is 6.37. The predicted molar refractivity (Wildman–Crippen MR) is 116 cm³/mol. The topological polar surface area (TPSA) is 70.7 Å². The van der Waals surface area contributed by atoms with Gasteiger partial charge in [0, 0.05) is 34.5 Å². The highest BCUT2D eigenvalue weighted by molar-refractivity contribution is 9.10. The van der Waals surface area contributed by atoms with Gasteiger partial charge in [-0.05, 0) is 61.7 Å². The third kappa shape index (κ3) is 4.37. The minimum absolute atomic E-state index is 0.00738. The Morgan fingerprint density at radius 2 is 1.72 bits per heavy atom. The molecule has 2 N–H and O–H groups in total. The van der Waals surface area contributed by atoms with Crippen molar-refractivity contribution in [3.05, 3.63) is 58.1 Å². The van der Waals surface area contributed by atoms with Crippen LogP contribution in [-0.4, -0.2) is 48.6 Å². The number of nitrogens with zero attached hydrogens (tertiary/aromatic N) is 1. The van der Waals surface area contributed by atoms with E-state index in [0.29, 0.717) is 30.2 Å². The van der Waals surface area contributed by atoms with Gasteiger partial charge in [0.2, 0.25) is 5.91 Å². The van der Waals surface area contributed by atoms with Crippen LogP contribution in [0.15, 0.2) is 46.9 Å². The van der Waals surface area contributed by atoms with E-state index in [9.17, 15) is 9.59 Å². The largest absolute Gasteiger partial charge is 0.379 e. The van der Waals surface area contributed by atoms with Gasteiger partial charge in [-0.1, -0.05) is 22.0 Å². The molecule has 7 heteroatoms. The van der Waals surface area contributed by atoms with Crippen molar-refractivity contribution < 1.29 is 14.3 Å². The summed E-state index contributed by atoms with van der Waals surface area (Å²) in [6, 6.07) is 12.8. The summed E-state index contributed by atoms with van der Waals surface area (Å²) in [5.41, 5.74) is 2.40. The molecular weight excluding hydrogens is 434 g/mol.